The Morgan fingerprint density at radius 2 is 2.06 bits per heavy atom. The summed E-state index contributed by atoms with van der Waals surface area (Å²) in [4.78, 5) is 11.7. The maximum absolute atomic E-state index is 11.7. The first-order valence-corrected chi connectivity index (χ1v) is 6.51. The molecule has 18 heavy (non-hydrogen) atoms. The van der Waals surface area contributed by atoms with E-state index in [-0.39, 0.29) is 24.4 Å². The highest BCUT2D eigenvalue weighted by atomic mass is 35.5. The third-order valence-electron chi connectivity index (χ3n) is 3.47. The molecule has 0 heterocycles. The summed E-state index contributed by atoms with van der Waals surface area (Å²) in [6, 6.07) is 0. The number of halogens is 1. The van der Waals surface area contributed by atoms with Gasteiger partial charge >= 0.3 is 0 Å². The van der Waals surface area contributed by atoms with Crippen LogP contribution in [0.25, 0.3) is 0 Å². The molecule has 0 saturated heterocycles. The van der Waals surface area contributed by atoms with E-state index in [2.05, 4.69) is 19.2 Å². The summed E-state index contributed by atoms with van der Waals surface area (Å²) in [5, 5.41) is 3.02. The van der Waals surface area contributed by atoms with Gasteiger partial charge in [0.1, 0.15) is 0 Å². The van der Waals surface area contributed by atoms with Crippen molar-refractivity contribution in [1.29, 1.82) is 0 Å². The van der Waals surface area contributed by atoms with Crippen molar-refractivity contribution in [2.45, 2.75) is 45.6 Å². The second-order valence-electron chi connectivity index (χ2n) is 5.67. The van der Waals surface area contributed by atoms with E-state index in [0.29, 0.717) is 24.3 Å². The van der Waals surface area contributed by atoms with Crippen LogP contribution in [0.15, 0.2) is 0 Å². The molecule has 108 valence electrons. The molecule has 0 aromatic rings. The van der Waals surface area contributed by atoms with Crippen molar-refractivity contribution < 1.29 is 9.53 Å². The number of ether oxygens (including phenoxy) is 1. The van der Waals surface area contributed by atoms with Gasteiger partial charge in [-0.3, -0.25) is 4.79 Å². The topological polar surface area (TPSA) is 64.3 Å². The fourth-order valence-corrected chi connectivity index (χ4v) is 2.32. The van der Waals surface area contributed by atoms with E-state index in [4.69, 9.17) is 10.5 Å². The highest BCUT2D eigenvalue weighted by molar-refractivity contribution is 5.85. The smallest absolute Gasteiger partial charge is 0.222 e. The van der Waals surface area contributed by atoms with Gasteiger partial charge in [-0.2, -0.15) is 0 Å². The van der Waals surface area contributed by atoms with Gasteiger partial charge in [-0.1, -0.05) is 13.8 Å². The SMILES string of the molecule is COC(CN)CC(=O)NCC1(CC(C)C)CC1.Cl. The van der Waals surface area contributed by atoms with Crippen LogP contribution in [0, 0.1) is 11.3 Å². The predicted octanol–water partition coefficient (Wildman–Crippen LogP) is 1.71. The molecule has 0 aromatic carbocycles. The highest BCUT2D eigenvalue weighted by Crippen LogP contribution is 2.49. The van der Waals surface area contributed by atoms with Crippen molar-refractivity contribution in [3.8, 4) is 0 Å². The highest BCUT2D eigenvalue weighted by Gasteiger charge is 2.42. The van der Waals surface area contributed by atoms with Crippen molar-refractivity contribution in [1.82, 2.24) is 5.32 Å². The first kappa shape index (κ1) is 17.7. The third-order valence-corrected chi connectivity index (χ3v) is 3.47. The summed E-state index contributed by atoms with van der Waals surface area (Å²) in [6.07, 6.45) is 3.91. The minimum atomic E-state index is -0.157. The standard InChI is InChI=1S/C13H26N2O2.ClH/c1-10(2)7-13(4-5-13)9-15-12(16)6-11(8-14)17-3;/h10-11H,4-9,14H2,1-3H3,(H,15,16);1H. The average Bonchev–Trinajstić information content (AvgIpc) is 3.02. The molecule has 3 N–H and O–H groups in total. The van der Waals surface area contributed by atoms with E-state index >= 15 is 0 Å². The molecule has 1 atom stereocenters. The Hall–Kier alpha value is -0.320. The van der Waals surface area contributed by atoms with Crippen LogP contribution >= 0.6 is 12.4 Å². The molecule has 0 aromatic heterocycles. The second-order valence-corrected chi connectivity index (χ2v) is 5.67. The van der Waals surface area contributed by atoms with E-state index in [1.54, 1.807) is 7.11 Å². The number of nitrogens with two attached hydrogens (primary N) is 1. The fourth-order valence-electron chi connectivity index (χ4n) is 2.32. The van der Waals surface area contributed by atoms with Crippen molar-refractivity contribution in [2.75, 3.05) is 20.2 Å². The Balaban J connectivity index is 0.00000289. The minimum absolute atomic E-state index is 0. The molecule has 0 bridgehead atoms. The number of nitrogens with one attached hydrogen (secondary N) is 1. The van der Waals surface area contributed by atoms with Crippen LogP contribution in [0.1, 0.15) is 39.5 Å². The summed E-state index contributed by atoms with van der Waals surface area (Å²) < 4.78 is 5.10. The van der Waals surface area contributed by atoms with E-state index in [1.165, 1.54) is 19.3 Å². The normalized spacial score (nSPS) is 18.1. The van der Waals surface area contributed by atoms with Crippen molar-refractivity contribution in [3.63, 3.8) is 0 Å². The lowest BCUT2D eigenvalue weighted by molar-refractivity contribution is -0.123. The number of hydrogen-bond donors (Lipinski definition) is 2. The number of carbonyl (C=O) groups is 1. The maximum Gasteiger partial charge on any atom is 0.222 e. The van der Waals surface area contributed by atoms with Gasteiger partial charge in [0.05, 0.1) is 12.5 Å². The first-order chi connectivity index (χ1) is 8.01. The van der Waals surface area contributed by atoms with Crippen LogP contribution < -0.4 is 11.1 Å². The van der Waals surface area contributed by atoms with E-state index in [1.807, 2.05) is 0 Å². The number of carbonyl (C=O) groups excluding carboxylic acids is 1. The monoisotopic (exact) mass is 278 g/mol. The van der Waals surface area contributed by atoms with Gasteiger partial charge in [0, 0.05) is 20.2 Å². The second kappa shape index (κ2) is 7.97. The minimum Gasteiger partial charge on any atom is -0.380 e. The Morgan fingerprint density at radius 3 is 2.44 bits per heavy atom. The Bertz CT molecular complexity index is 251. The van der Waals surface area contributed by atoms with Crippen LogP contribution in [-0.2, 0) is 9.53 Å². The summed E-state index contributed by atoms with van der Waals surface area (Å²) in [6.45, 7) is 5.67. The zero-order valence-electron chi connectivity index (χ0n) is 11.7. The summed E-state index contributed by atoms with van der Waals surface area (Å²) in [5.74, 6) is 0.752. The first-order valence-electron chi connectivity index (χ1n) is 6.51. The molecule has 0 aliphatic heterocycles. The molecular formula is C13H27ClN2O2. The molecule has 0 radical (unpaired) electrons. The fraction of sp³-hybridized carbons (Fsp3) is 0.923. The van der Waals surface area contributed by atoms with Gasteiger partial charge in [-0.25, -0.2) is 0 Å². The summed E-state index contributed by atoms with van der Waals surface area (Å²) in [5.41, 5.74) is 5.87. The van der Waals surface area contributed by atoms with Crippen LogP contribution in [0.5, 0.6) is 0 Å². The van der Waals surface area contributed by atoms with Crippen LogP contribution in [0.2, 0.25) is 0 Å². The largest absolute Gasteiger partial charge is 0.380 e. The molecule has 1 aliphatic carbocycles. The van der Waals surface area contributed by atoms with E-state index in [0.717, 1.165) is 6.54 Å². The third kappa shape index (κ3) is 6.03. The predicted molar refractivity (Wildman–Crippen MR) is 75.8 cm³/mol. The van der Waals surface area contributed by atoms with Gasteiger partial charge in [0.2, 0.25) is 5.91 Å². The van der Waals surface area contributed by atoms with Crippen LogP contribution in [0.3, 0.4) is 0 Å². The Morgan fingerprint density at radius 1 is 1.44 bits per heavy atom. The maximum atomic E-state index is 11.7. The summed E-state index contributed by atoms with van der Waals surface area (Å²) in [7, 11) is 1.59. The van der Waals surface area contributed by atoms with Crippen molar-refractivity contribution in [2.24, 2.45) is 17.1 Å². The number of hydrogen-bond acceptors (Lipinski definition) is 3. The van der Waals surface area contributed by atoms with Gasteiger partial charge < -0.3 is 15.8 Å². The molecule has 1 aliphatic rings. The molecular weight excluding hydrogens is 252 g/mol. The molecule has 1 unspecified atom stereocenters. The Kier molecular flexibility index (Phi) is 7.83. The summed E-state index contributed by atoms with van der Waals surface area (Å²) >= 11 is 0. The average molecular weight is 279 g/mol. The van der Waals surface area contributed by atoms with Crippen LogP contribution in [-0.4, -0.2) is 32.2 Å². The molecule has 5 heteroatoms. The van der Waals surface area contributed by atoms with E-state index in [9.17, 15) is 4.79 Å². The van der Waals surface area contributed by atoms with Gasteiger partial charge in [-0.05, 0) is 30.6 Å². The molecule has 1 fully saturated rings. The number of methoxy groups -OCH3 is 1. The zero-order chi connectivity index (χ0) is 12.9. The zero-order valence-corrected chi connectivity index (χ0v) is 12.5. The van der Waals surface area contributed by atoms with Gasteiger partial charge in [0.15, 0.2) is 0 Å². The van der Waals surface area contributed by atoms with Gasteiger partial charge in [0.25, 0.3) is 0 Å². The van der Waals surface area contributed by atoms with Crippen molar-refractivity contribution >= 4 is 18.3 Å². The lowest BCUT2D eigenvalue weighted by Gasteiger charge is -2.19. The lowest BCUT2D eigenvalue weighted by atomic mass is 9.94. The van der Waals surface area contributed by atoms with Crippen molar-refractivity contribution in [3.05, 3.63) is 0 Å². The van der Waals surface area contributed by atoms with Crippen LogP contribution in [0.4, 0.5) is 0 Å². The molecule has 4 nitrogen and oxygen atoms in total. The van der Waals surface area contributed by atoms with Gasteiger partial charge in [-0.15, -0.1) is 12.4 Å². The molecule has 1 rings (SSSR count). The van der Waals surface area contributed by atoms with E-state index < -0.39 is 0 Å². The quantitative estimate of drug-likeness (QED) is 0.710. The Labute approximate surface area is 116 Å². The molecule has 1 saturated carbocycles. The molecule has 1 amide bonds. The molecule has 0 spiro atoms. The number of amides is 1. The lowest BCUT2D eigenvalue weighted by Crippen LogP contribution is -2.35. The number of rotatable bonds is 8.